The normalized spacial score (nSPS) is 33.5. The van der Waals surface area contributed by atoms with Crippen LogP contribution >= 0.6 is 0 Å². The number of hydrogen-bond acceptors (Lipinski definition) is 4. The molecule has 0 saturated carbocycles. The predicted molar refractivity (Wildman–Crippen MR) is 77.8 cm³/mol. The number of likely N-dealkylation sites (tertiary alicyclic amines) is 1. The lowest BCUT2D eigenvalue weighted by Crippen LogP contribution is -2.55. The first-order chi connectivity index (χ1) is 8.69. The molecule has 1 saturated heterocycles. The van der Waals surface area contributed by atoms with Crippen LogP contribution < -0.4 is 5.73 Å². The SMILES string of the molecule is COC(=O)C(C)(N)CC(C)N1CC(C)CC(C)C1C. The molecule has 0 aromatic rings. The number of ether oxygens (including phenoxy) is 1. The molecule has 19 heavy (non-hydrogen) atoms. The van der Waals surface area contributed by atoms with E-state index in [1.54, 1.807) is 6.92 Å². The molecule has 5 atom stereocenters. The van der Waals surface area contributed by atoms with E-state index < -0.39 is 5.54 Å². The highest BCUT2D eigenvalue weighted by molar-refractivity contribution is 5.79. The molecule has 1 rings (SSSR count). The second-order valence-electron chi connectivity index (χ2n) is 6.72. The van der Waals surface area contributed by atoms with E-state index in [9.17, 15) is 4.79 Å². The molecule has 2 N–H and O–H groups in total. The van der Waals surface area contributed by atoms with Gasteiger partial charge in [-0.1, -0.05) is 13.8 Å². The van der Waals surface area contributed by atoms with Gasteiger partial charge >= 0.3 is 5.97 Å². The molecule has 1 heterocycles. The van der Waals surface area contributed by atoms with Crippen molar-refractivity contribution < 1.29 is 9.53 Å². The van der Waals surface area contributed by atoms with Gasteiger partial charge in [0.2, 0.25) is 0 Å². The summed E-state index contributed by atoms with van der Waals surface area (Å²) in [6, 6.07) is 0.828. The molecule has 112 valence electrons. The predicted octanol–water partition coefficient (Wildman–Crippen LogP) is 2.02. The van der Waals surface area contributed by atoms with Crippen molar-refractivity contribution in [2.45, 2.75) is 65.1 Å². The number of nitrogens with zero attached hydrogens (tertiary/aromatic N) is 1. The second kappa shape index (κ2) is 6.23. The first-order valence-electron chi connectivity index (χ1n) is 7.32. The highest BCUT2D eigenvalue weighted by Crippen LogP contribution is 2.30. The first-order valence-corrected chi connectivity index (χ1v) is 7.32. The van der Waals surface area contributed by atoms with Crippen LogP contribution in [0.15, 0.2) is 0 Å². The van der Waals surface area contributed by atoms with Gasteiger partial charge in [0, 0.05) is 18.6 Å². The van der Waals surface area contributed by atoms with Crippen molar-refractivity contribution in [1.29, 1.82) is 0 Å². The van der Waals surface area contributed by atoms with Crippen LogP contribution in [-0.4, -0.2) is 42.1 Å². The summed E-state index contributed by atoms with van der Waals surface area (Å²) in [5.74, 6) is 1.06. The highest BCUT2D eigenvalue weighted by atomic mass is 16.5. The number of piperidine rings is 1. The van der Waals surface area contributed by atoms with E-state index in [1.165, 1.54) is 13.5 Å². The molecule has 5 unspecified atom stereocenters. The zero-order valence-electron chi connectivity index (χ0n) is 13.3. The molecule has 0 aromatic heterocycles. The average molecular weight is 270 g/mol. The number of carbonyl (C=O) groups excluding carboxylic acids is 1. The van der Waals surface area contributed by atoms with Crippen molar-refractivity contribution in [3.05, 3.63) is 0 Å². The Kier molecular flexibility index (Phi) is 5.39. The largest absolute Gasteiger partial charge is 0.468 e. The van der Waals surface area contributed by atoms with Crippen LogP contribution in [0, 0.1) is 11.8 Å². The van der Waals surface area contributed by atoms with E-state index in [0.717, 1.165) is 6.54 Å². The Morgan fingerprint density at radius 2 is 2.05 bits per heavy atom. The maximum atomic E-state index is 11.7. The van der Waals surface area contributed by atoms with Crippen LogP contribution in [0.1, 0.15) is 47.5 Å². The summed E-state index contributed by atoms with van der Waals surface area (Å²) in [6.45, 7) is 11.9. The monoisotopic (exact) mass is 270 g/mol. The number of rotatable bonds is 4. The van der Waals surface area contributed by atoms with Crippen molar-refractivity contribution in [2.75, 3.05) is 13.7 Å². The van der Waals surface area contributed by atoms with Gasteiger partial charge in [0.05, 0.1) is 7.11 Å². The molecule has 0 spiro atoms. The van der Waals surface area contributed by atoms with Crippen molar-refractivity contribution in [2.24, 2.45) is 17.6 Å². The standard InChI is InChI=1S/C15H30N2O2/c1-10-7-11(2)13(4)17(9-10)12(3)8-15(5,16)14(18)19-6/h10-13H,7-9,16H2,1-6H3. The third kappa shape index (κ3) is 3.93. The maximum Gasteiger partial charge on any atom is 0.325 e. The van der Waals surface area contributed by atoms with Gasteiger partial charge in [-0.15, -0.1) is 0 Å². The lowest BCUT2D eigenvalue weighted by atomic mass is 9.83. The van der Waals surface area contributed by atoms with Crippen molar-refractivity contribution >= 4 is 5.97 Å². The molecule has 0 aliphatic carbocycles. The fourth-order valence-corrected chi connectivity index (χ4v) is 3.39. The second-order valence-corrected chi connectivity index (χ2v) is 6.72. The zero-order valence-corrected chi connectivity index (χ0v) is 13.3. The number of esters is 1. The smallest absolute Gasteiger partial charge is 0.325 e. The molecule has 0 bridgehead atoms. The first kappa shape index (κ1) is 16.4. The molecular formula is C15H30N2O2. The van der Waals surface area contributed by atoms with Gasteiger partial charge in [-0.05, 0) is 45.4 Å². The third-order valence-electron chi connectivity index (χ3n) is 4.58. The molecule has 1 aliphatic heterocycles. The third-order valence-corrected chi connectivity index (χ3v) is 4.58. The fraction of sp³-hybridized carbons (Fsp3) is 0.933. The van der Waals surface area contributed by atoms with Crippen LogP contribution in [0.3, 0.4) is 0 Å². The highest BCUT2D eigenvalue weighted by Gasteiger charge is 2.37. The van der Waals surface area contributed by atoms with Gasteiger partial charge in [-0.3, -0.25) is 9.69 Å². The number of nitrogens with two attached hydrogens (primary N) is 1. The van der Waals surface area contributed by atoms with E-state index >= 15 is 0 Å². The van der Waals surface area contributed by atoms with Crippen molar-refractivity contribution in [1.82, 2.24) is 4.90 Å². The van der Waals surface area contributed by atoms with Crippen LogP contribution in [-0.2, 0) is 9.53 Å². The molecule has 0 amide bonds. The van der Waals surface area contributed by atoms with Crippen LogP contribution in [0.25, 0.3) is 0 Å². The summed E-state index contributed by atoms with van der Waals surface area (Å²) in [6.07, 6.45) is 1.91. The molecule has 0 radical (unpaired) electrons. The molecule has 1 aliphatic rings. The van der Waals surface area contributed by atoms with Crippen LogP contribution in [0.5, 0.6) is 0 Å². The minimum atomic E-state index is -0.905. The van der Waals surface area contributed by atoms with Crippen molar-refractivity contribution in [3.63, 3.8) is 0 Å². The minimum Gasteiger partial charge on any atom is -0.468 e. The molecule has 1 fully saturated rings. The van der Waals surface area contributed by atoms with Crippen molar-refractivity contribution in [3.8, 4) is 0 Å². The Morgan fingerprint density at radius 1 is 1.47 bits per heavy atom. The summed E-state index contributed by atoms with van der Waals surface area (Å²) in [7, 11) is 1.39. The Balaban J connectivity index is 2.71. The quantitative estimate of drug-likeness (QED) is 0.794. The van der Waals surface area contributed by atoms with E-state index in [2.05, 4.69) is 32.6 Å². The van der Waals surface area contributed by atoms with Crippen LogP contribution in [0.2, 0.25) is 0 Å². The zero-order chi connectivity index (χ0) is 14.8. The summed E-state index contributed by atoms with van der Waals surface area (Å²) < 4.78 is 4.79. The van der Waals surface area contributed by atoms with Gasteiger partial charge < -0.3 is 10.5 Å². The fourth-order valence-electron chi connectivity index (χ4n) is 3.39. The summed E-state index contributed by atoms with van der Waals surface area (Å²) >= 11 is 0. The molecule has 0 aromatic carbocycles. The number of hydrogen-bond donors (Lipinski definition) is 1. The van der Waals surface area contributed by atoms with E-state index in [1.807, 2.05) is 0 Å². The van der Waals surface area contributed by atoms with Gasteiger partial charge in [-0.2, -0.15) is 0 Å². The molecule has 4 heteroatoms. The summed E-state index contributed by atoms with van der Waals surface area (Å²) in [5, 5.41) is 0. The topological polar surface area (TPSA) is 55.6 Å². The average Bonchev–Trinajstić information content (AvgIpc) is 2.31. The van der Waals surface area contributed by atoms with Gasteiger partial charge in [0.1, 0.15) is 5.54 Å². The van der Waals surface area contributed by atoms with Gasteiger partial charge in [0.15, 0.2) is 0 Å². The summed E-state index contributed by atoms with van der Waals surface area (Å²) in [4.78, 5) is 14.2. The Bertz CT molecular complexity index is 317. The van der Waals surface area contributed by atoms with E-state index in [4.69, 9.17) is 10.5 Å². The summed E-state index contributed by atoms with van der Waals surface area (Å²) in [5.41, 5.74) is 5.19. The Hall–Kier alpha value is -0.610. The lowest BCUT2D eigenvalue weighted by molar-refractivity contribution is -0.147. The molecular weight excluding hydrogens is 240 g/mol. The Labute approximate surface area is 117 Å². The van der Waals surface area contributed by atoms with Crippen LogP contribution in [0.4, 0.5) is 0 Å². The van der Waals surface area contributed by atoms with E-state index in [-0.39, 0.29) is 12.0 Å². The minimum absolute atomic E-state index is 0.286. The number of methoxy groups -OCH3 is 1. The maximum absolute atomic E-state index is 11.7. The lowest BCUT2D eigenvalue weighted by Gasteiger charge is -2.45. The Morgan fingerprint density at radius 3 is 2.58 bits per heavy atom. The van der Waals surface area contributed by atoms with Gasteiger partial charge in [-0.25, -0.2) is 0 Å². The number of carbonyl (C=O) groups is 1. The van der Waals surface area contributed by atoms with E-state index in [0.29, 0.717) is 24.3 Å². The molecule has 4 nitrogen and oxygen atoms in total. The van der Waals surface area contributed by atoms with Gasteiger partial charge in [0.25, 0.3) is 0 Å².